The van der Waals surface area contributed by atoms with Crippen LogP contribution in [-0.2, 0) is 76.3 Å². The molecule has 0 bridgehead atoms. The van der Waals surface area contributed by atoms with Crippen molar-refractivity contribution in [1.29, 1.82) is 0 Å². The van der Waals surface area contributed by atoms with Gasteiger partial charge in [0.15, 0.2) is 25.2 Å². The highest BCUT2D eigenvalue weighted by Gasteiger charge is 2.52. The fraction of sp³-hybridized carbons (Fsp3) is 0.827. The summed E-state index contributed by atoms with van der Waals surface area (Å²) < 4.78 is 44.2. The van der Waals surface area contributed by atoms with Crippen LogP contribution in [0.4, 0.5) is 0 Å². The molecule has 32 heteroatoms. The molecule has 6 amide bonds. The lowest BCUT2D eigenvalue weighted by Gasteiger charge is -2.46. The van der Waals surface area contributed by atoms with E-state index in [0.29, 0.717) is 70.4 Å². The number of nitrogens with one attached hydrogen (secondary N) is 5. The number of hydrogen-bond donors (Lipinski definition) is 15. The van der Waals surface area contributed by atoms with Crippen LogP contribution in [0.5, 0.6) is 0 Å². The Morgan fingerprint density at radius 2 is 1.10 bits per heavy atom. The van der Waals surface area contributed by atoms with Gasteiger partial charge in [-0.1, -0.05) is 19.4 Å². The molecule has 4 heterocycles. The molecule has 0 spiro atoms. The molecule has 0 aromatic rings. The van der Waals surface area contributed by atoms with Crippen molar-refractivity contribution in [3.8, 4) is 0 Å². The first-order valence-corrected chi connectivity index (χ1v) is 28.4. The predicted octanol–water partition coefficient (Wildman–Crippen LogP) is -6.07. The first kappa shape index (κ1) is 71.8. The number of carbonyl (C=O) groups is 7. The van der Waals surface area contributed by atoms with Gasteiger partial charge in [0.05, 0.1) is 51.1 Å². The van der Waals surface area contributed by atoms with Crippen LogP contribution in [0.25, 0.3) is 0 Å². The highest BCUT2D eigenvalue weighted by atomic mass is 16.8. The number of hydroxylamine groups is 2. The Morgan fingerprint density at radius 1 is 0.571 bits per heavy atom. The molecule has 0 radical (unpaired) electrons. The van der Waals surface area contributed by atoms with Crippen molar-refractivity contribution in [2.75, 3.05) is 72.4 Å². The number of allylic oxidation sites excluding steroid dienone is 1. The van der Waals surface area contributed by atoms with Crippen LogP contribution in [-0.4, -0.2) is 268 Å². The summed E-state index contributed by atoms with van der Waals surface area (Å²) in [5.41, 5.74) is 0.330. The minimum absolute atomic E-state index is 0.0488. The zero-order valence-corrected chi connectivity index (χ0v) is 47.4. The zero-order valence-electron chi connectivity index (χ0n) is 47.4. The van der Waals surface area contributed by atoms with Crippen LogP contribution in [0.2, 0.25) is 0 Å². The van der Waals surface area contributed by atoms with Crippen LogP contribution in [0.3, 0.4) is 0 Å². The molecule has 0 aliphatic carbocycles. The maximum absolute atomic E-state index is 13.3. The maximum atomic E-state index is 13.3. The summed E-state index contributed by atoms with van der Waals surface area (Å²) in [6.45, 7) is 5.92. The topological polar surface area (TPSA) is 468 Å². The van der Waals surface area contributed by atoms with Gasteiger partial charge in [0.1, 0.15) is 73.2 Å². The number of nitrogens with zero attached hydrogens (tertiary/aromatic N) is 1. The molecule has 32 nitrogen and oxygen atoms in total. The molecule has 0 saturated carbocycles. The lowest BCUT2D eigenvalue weighted by Crippen LogP contribution is -2.65. The van der Waals surface area contributed by atoms with Crippen molar-refractivity contribution in [2.45, 2.75) is 196 Å². The number of amides is 6. The summed E-state index contributed by atoms with van der Waals surface area (Å²) in [5.74, 6) is -4.56. The average Bonchev–Trinajstić information content (AvgIpc) is 2.57. The Kier molecular flexibility index (Phi) is 32.3. The smallest absolute Gasteiger partial charge is 0.334 e. The van der Waals surface area contributed by atoms with E-state index in [-0.39, 0.29) is 77.1 Å². The fourth-order valence-corrected chi connectivity index (χ4v) is 9.11. The second kappa shape index (κ2) is 37.8. The van der Waals surface area contributed by atoms with Gasteiger partial charge in [-0.25, -0.2) is 4.79 Å². The monoisotopic (exact) mass is 1210 g/mol. The Hall–Kier alpha value is -4.69. The van der Waals surface area contributed by atoms with Gasteiger partial charge in [-0.2, -0.15) is 0 Å². The third-order valence-corrected chi connectivity index (χ3v) is 13.9. The minimum atomic E-state index is -1.95. The molecule has 4 rings (SSSR count). The first-order valence-electron chi connectivity index (χ1n) is 28.4. The molecule has 4 saturated heterocycles. The molecular weight excluding hydrogens is 1120 g/mol. The standard InChI is InChI=1S/C52H88N6O26/c1-4-76-29(3)77-21-19-55-34(61)12-8-6-10-17-57-49(75)30(24-37(64)54-18-15-39(66)84-58-28(2)13-14-38(58)65)23-36(63)53-16-9-5-7-11-35(62)56-20-22-78-51-47(74)48(83-52-46(73)44(71)41(68)32(26-60)81-52)42(69)33(82-51)27-79-50-45(72)43(70)40(67)31(25-59)80-50/h29-33,40-48,50-52,59-60,67-74H,2,4-27H2,1,3H3,(H,53,63)(H,54,64)(H,55,61)(H,56,62)(H,57,75)/t29?,30?,31?,32?,33?,40-,41-,42-,43?,44?,45?,46?,47?,48?,50+,51+,52-/m1/s1. The van der Waals surface area contributed by atoms with E-state index in [1.165, 1.54) is 0 Å². The number of hydrogen-bond acceptors (Lipinski definition) is 26. The lowest BCUT2D eigenvalue weighted by molar-refractivity contribution is -0.366. The summed E-state index contributed by atoms with van der Waals surface area (Å²) in [4.78, 5) is 93.7. The van der Waals surface area contributed by atoms with Gasteiger partial charge in [-0.3, -0.25) is 28.8 Å². The molecule has 17 atom stereocenters. The summed E-state index contributed by atoms with van der Waals surface area (Å²) in [6, 6.07) is 0. The molecular formula is C52H88N6O26. The fourth-order valence-electron chi connectivity index (χ4n) is 9.11. The van der Waals surface area contributed by atoms with E-state index >= 15 is 0 Å². The molecule has 4 aliphatic rings. The van der Waals surface area contributed by atoms with E-state index in [4.69, 9.17) is 42.7 Å². The quantitative estimate of drug-likeness (QED) is 0.0202. The highest BCUT2D eigenvalue weighted by Crippen LogP contribution is 2.31. The van der Waals surface area contributed by atoms with Crippen molar-refractivity contribution < 1.29 is 127 Å². The number of rotatable bonds is 38. The Labute approximate surface area is 485 Å². The molecule has 4 aliphatic heterocycles. The molecule has 0 aromatic carbocycles. The van der Waals surface area contributed by atoms with Crippen molar-refractivity contribution in [1.82, 2.24) is 31.6 Å². The highest BCUT2D eigenvalue weighted by molar-refractivity contribution is 5.90. The van der Waals surface area contributed by atoms with Crippen LogP contribution in [0.1, 0.15) is 97.3 Å². The van der Waals surface area contributed by atoms with E-state index in [9.17, 15) is 84.6 Å². The molecule has 4 fully saturated rings. The molecule has 15 N–H and O–H groups in total. The summed E-state index contributed by atoms with van der Waals surface area (Å²) >= 11 is 0. The number of carbonyl (C=O) groups excluding carboxylic acids is 7. The Morgan fingerprint density at radius 3 is 1.67 bits per heavy atom. The van der Waals surface area contributed by atoms with Crippen molar-refractivity contribution in [2.24, 2.45) is 5.92 Å². The van der Waals surface area contributed by atoms with Gasteiger partial charge in [-0.15, -0.1) is 5.06 Å². The molecule has 0 aromatic heterocycles. The summed E-state index contributed by atoms with van der Waals surface area (Å²) in [5, 5.41) is 118. The first-order chi connectivity index (χ1) is 40.1. The molecule has 482 valence electrons. The second-order valence-electron chi connectivity index (χ2n) is 20.5. The van der Waals surface area contributed by atoms with E-state index in [0.717, 1.165) is 5.06 Å². The van der Waals surface area contributed by atoms with Crippen molar-refractivity contribution in [3.05, 3.63) is 12.3 Å². The third kappa shape index (κ3) is 23.5. The Balaban J connectivity index is 1.20. The summed E-state index contributed by atoms with van der Waals surface area (Å²) in [6.07, 6.45) is -23.5. The largest absolute Gasteiger partial charge is 0.394 e. The van der Waals surface area contributed by atoms with Gasteiger partial charge in [0.25, 0.3) is 5.91 Å². The van der Waals surface area contributed by atoms with Crippen LogP contribution < -0.4 is 26.6 Å². The van der Waals surface area contributed by atoms with E-state index in [2.05, 4.69) is 33.2 Å². The second-order valence-corrected chi connectivity index (χ2v) is 20.5. The SMILES string of the molecule is C=C1CCC(=O)N1OC(=O)CCNC(=O)CC(CC(=O)NCCCCCC(=O)NCCO[C@H]1OC(CO[C@H]2OC(CO)[C@@H](O)C(O)C2O)[C@@H](O)C(O[C@H]2OC(CO)[C@@H](O)C(O)C2O)C1O)C(=O)NCCCCCC(=O)NCCOC(C)OCC. The summed E-state index contributed by atoms with van der Waals surface area (Å²) in [7, 11) is 0. The van der Waals surface area contributed by atoms with E-state index in [1.807, 2.05) is 6.92 Å². The van der Waals surface area contributed by atoms with Gasteiger partial charge in [0.2, 0.25) is 29.5 Å². The third-order valence-electron chi connectivity index (χ3n) is 13.9. The number of aliphatic hydroxyl groups is 10. The minimum Gasteiger partial charge on any atom is -0.394 e. The lowest BCUT2D eigenvalue weighted by atomic mass is 9.96. The average molecular weight is 1210 g/mol. The maximum Gasteiger partial charge on any atom is 0.334 e. The van der Waals surface area contributed by atoms with Gasteiger partial charge in [-0.05, 0) is 46.0 Å². The van der Waals surface area contributed by atoms with E-state index in [1.54, 1.807) is 6.92 Å². The Bertz CT molecular complexity index is 2050. The van der Waals surface area contributed by atoms with Crippen LogP contribution >= 0.6 is 0 Å². The normalized spacial score (nSPS) is 29.6. The molecule has 84 heavy (non-hydrogen) atoms. The number of aliphatic hydroxyl groups excluding tert-OH is 10. The van der Waals surface area contributed by atoms with Gasteiger partial charge >= 0.3 is 5.97 Å². The zero-order chi connectivity index (χ0) is 61.9. The predicted molar refractivity (Wildman–Crippen MR) is 283 cm³/mol. The van der Waals surface area contributed by atoms with Crippen molar-refractivity contribution in [3.63, 3.8) is 0 Å². The van der Waals surface area contributed by atoms with E-state index < -0.39 is 160 Å². The number of ether oxygens (including phenoxy) is 8. The van der Waals surface area contributed by atoms with Crippen molar-refractivity contribution >= 4 is 41.4 Å². The molecule has 11 unspecified atom stereocenters. The number of unbranched alkanes of at least 4 members (excludes halogenated alkanes) is 4. The van der Waals surface area contributed by atoms with Gasteiger partial charge < -0.3 is 120 Å². The van der Waals surface area contributed by atoms with Crippen LogP contribution in [0, 0.1) is 5.92 Å². The van der Waals surface area contributed by atoms with Crippen LogP contribution in [0.15, 0.2) is 12.3 Å². The van der Waals surface area contributed by atoms with Gasteiger partial charge in [0, 0.05) is 71.4 Å².